The van der Waals surface area contributed by atoms with Crippen LogP contribution >= 0.6 is 0 Å². The van der Waals surface area contributed by atoms with Crippen LogP contribution in [-0.2, 0) is 0 Å². The van der Waals surface area contributed by atoms with Gasteiger partial charge < -0.3 is 15.2 Å². The molecule has 106 valence electrons. The minimum atomic E-state index is 0.398. The first kappa shape index (κ1) is 13.1. The fraction of sp³-hybridized carbons (Fsp3) is 0.786. The Bertz CT molecular complexity index is 410. The van der Waals surface area contributed by atoms with E-state index in [9.17, 15) is 0 Å². The maximum atomic E-state index is 4.62. The Balaban J connectivity index is 1.66. The molecule has 2 unspecified atom stereocenters. The molecule has 0 radical (unpaired) electrons. The van der Waals surface area contributed by atoms with E-state index in [0.29, 0.717) is 12.0 Å². The van der Waals surface area contributed by atoms with Gasteiger partial charge in [-0.05, 0) is 26.9 Å². The first-order valence-corrected chi connectivity index (χ1v) is 7.42. The fourth-order valence-corrected chi connectivity index (χ4v) is 3.20. The van der Waals surface area contributed by atoms with Gasteiger partial charge in [-0.15, -0.1) is 0 Å². The summed E-state index contributed by atoms with van der Waals surface area (Å²) in [7, 11) is 2.20. The summed E-state index contributed by atoms with van der Waals surface area (Å²) in [4.78, 5) is 13.1. The highest BCUT2D eigenvalue weighted by Gasteiger charge is 2.25. The predicted octanol–water partition coefficient (Wildman–Crippen LogP) is 0.795. The highest BCUT2D eigenvalue weighted by atomic mass is 15.2. The normalized spacial score (nSPS) is 27.8. The summed E-state index contributed by atoms with van der Waals surface area (Å²) < 4.78 is 0. The average molecular weight is 263 g/mol. The van der Waals surface area contributed by atoms with E-state index < -0.39 is 0 Å². The van der Waals surface area contributed by atoms with Crippen molar-refractivity contribution in [2.24, 2.45) is 0 Å². The highest BCUT2D eigenvalue weighted by molar-refractivity contribution is 5.12. The van der Waals surface area contributed by atoms with Crippen molar-refractivity contribution in [3.8, 4) is 0 Å². The first-order chi connectivity index (χ1) is 9.24. The monoisotopic (exact) mass is 263 g/mol. The van der Waals surface area contributed by atoms with Crippen LogP contribution < -0.4 is 5.32 Å². The second-order valence-corrected chi connectivity index (χ2v) is 5.93. The SMILES string of the molecule is CC(c1ncc(C2CCN(C)C2)[nH]1)N1CCNCC1. The lowest BCUT2D eigenvalue weighted by Crippen LogP contribution is -2.44. The number of nitrogens with one attached hydrogen (secondary N) is 2. The average Bonchev–Trinajstić information content (AvgIpc) is 3.07. The van der Waals surface area contributed by atoms with Crippen LogP contribution in [0.1, 0.15) is 36.8 Å². The van der Waals surface area contributed by atoms with E-state index in [1.807, 2.05) is 0 Å². The number of likely N-dealkylation sites (N-methyl/N-ethyl adjacent to an activating group) is 1. The molecule has 2 fully saturated rings. The van der Waals surface area contributed by atoms with E-state index in [2.05, 4.69) is 45.3 Å². The number of H-pyrrole nitrogens is 1. The lowest BCUT2D eigenvalue weighted by molar-refractivity contribution is 0.179. The van der Waals surface area contributed by atoms with Crippen LogP contribution in [0.4, 0.5) is 0 Å². The van der Waals surface area contributed by atoms with Gasteiger partial charge >= 0.3 is 0 Å². The zero-order chi connectivity index (χ0) is 13.2. The molecule has 0 saturated carbocycles. The molecule has 2 N–H and O–H groups in total. The maximum Gasteiger partial charge on any atom is 0.123 e. The van der Waals surface area contributed by atoms with Crippen molar-refractivity contribution in [2.75, 3.05) is 46.3 Å². The molecular weight excluding hydrogens is 238 g/mol. The zero-order valence-electron chi connectivity index (χ0n) is 12.0. The first-order valence-electron chi connectivity index (χ1n) is 7.42. The van der Waals surface area contributed by atoms with Crippen LogP contribution in [-0.4, -0.2) is 66.1 Å². The summed E-state index contributed by atoms with van der Waals surface area (Å²) in [5, 5.41) is 3.40. The van der Waals surface area contributed by atoms with Gasteiger partial charge in [-0.1, -0.05) is 0 Å². The molecule has 19 heavy (non-hydrogen) atoms. The molecule has 3 heterocycles. The third-order valence-electron chi connectivity index (χ3n) is 4.54. The fourth-order valence-electron chi connectivity index (χ4n) is 3.20. The molecule has 2 saturated heterocycles. The molecule has 3 rings (SSSR count). The summed E-state index contributed by atoms with van der Waals surface area (Å²) in [6.07, 6.45) is 3.30. The Kier molecular flexibility index (Phi) is 3.86. The van der Waals surface area contributed by atoms with Gasteiger partial charge in [0, 0.05) is 50.5 Å². The topological polar surface area (TPSA) is 47.2 Å². The Labute approximate surface area is 115 Å². The lowest BCUT2D eigenvalue weighted by atomic mass is 10.1. The van der Waals surface area contributed by atoms with Gasteiger partial charge in [-0.2, -0.15) is 0 Å². The third kappa shape index (κ3) is 2.83. The van der Waals surface area contributed by atoms with Gasteiger partial charge in [0.15, 0.2) is 0 Å². The van der Waals surface area contributed by atoms with Crippen LogP contribution in [0.5, 0.6) is 0 Å². The molecule has 5 nitrogen and oxygen atoms in total. The Hall–Kier alpha value is -0.910. The smallest absolute Gasteiger partial charge is 0.123 e. The van der Waals surface area contributed by atoms with Gasteiger partial charge in [-0.25, -0.2) is 4.98 Å². The Morgan fingerprint density at radius 2 is 2.11 bits per heavy atom. The molecule has 2 aliphatic heterocycles. The van der Waals surface area contributed by atoms with Crippen LogP contribution in [0.25, 0.3) is 0 Å². The van der Waals surface area contributed by atoms with Gasteiger partial charge in [0.25, 0.3) is 0 Å². The Morgan fingerprint density at radius 1 is 1.32 bits per heavy atom. The number of hydrogen-bond acceptors (Lipinski definition) is 4. The van der Waals surface area contributed by atoms with Gasteiger partial charge in [0.2, 0.25) is 0 Å². The van der Waals surface area contributed by atoms with Crippen molar-refractivity contribution in [1.82, 2.24) is 25.1 Å². The number of nitrogens with zero attached hydrogens (tertiary/aromatic N) is 3. The number of likely N-dealkylation sites (tertiary alicyclic amines) is 1. The zero-order valence-corrected chi connectivity index (χ0v) is 12.0. The number of aromatic amines is 1. The van der Waals surface area contributed by atoms with Crippen LogP contribution in [0, 0.1) is 0 Å². The van der Waals surface area contributed by atoms with E-state index in [-0.39, 0.29) is 0 Å². The molecule has 1 aromatic heterocycles. The van der Waals surface area contributed by atoms with Crippen molar-refractivity contribution < 1.29 is 0 Å². The van der Waals surface area contributed by atoms with Crippen molar-refractivity contribution in [1.29, 1.82) is 0 Å². The summed E-state index contributed by atoms with van der Waals surface area (Å²) in [5.74, 6) is 1.77. The van der Waals surface area contributed by atoms with E-state index in [1.54, 1.807) is 0 Å². The molecule has 0 aliphatic carbocycles. The molecule has 0 bridgehead atoms. The van der Waals surface area contributed by atoms with Crippen LogP contribution in [0.15, 0.2) is 6.20 Å². The minimum Gasteiger partial charge on any atom is -0.344 e. The van der Waals surface area contributed by atoms with Crippen LogP contribution in [0.3, 0.4) is 0 Å². The third-order valence-corrected chi connectivity index (χ3v) is 4.54. The molecule has 1 aromatic rings. The van der Waals surface area contributed by atoms with Gasteiger partial charge in [0.1, 0.15) is 5.82 Å². The molecule has 5 heteroatoms. The standard InChI is InChI=1S/C14H25N5/c1-11(19-7-4-15-5-8-19)14-16-9-13(17-14)12-3-6-18(2)10-12/h9,11-12,15H,3-8,10H2,1-2H3,(H,16,17). The summed E-state index contributed by atoms with van der Waals surface area (Å²) in [6.45, 7) is 9.02. The van der Waals surface area contributed by atoms with Crippen molar-refractivity contribution in [2.45, 2.75) is 25.3 Å². The Morgan fingerprint density at radius 3 is 2.79 bits per heavy atom. The highest BCUT2D eigenvalue weighted by Crippen LogP contribution is 2.26. The second-order valence-electron chi connectivity index (χ2n) is 5.93. The van der Waals surface area contributed by atoms with E-state index in [0.717, 1.165) is 38.5 Å². The molecular formula is C14H25N5. The summed E-state index contributed by atoms with van der Waals surface area (Å²) in [5.41, 5.74) is 1.32. The molecule has 0 spiro atoms. The van der Waals surface area contributed by atoms with E-state index in [4.69, 9.17) is 0 Å². The largest absolute Gasteiger partial charge is 0.344 e. The van der Waals surface area contributed by atoms with Gasteiger partial charge in [0.05, 0.1) is 6.04 Å². The summed E-state index contributed by atoms with van der Waals surface area (Å²) in [6, 6.07) is 0.398. The lowest BCUT2D eigenvalue weighted by Gasteiger charge is -2.31. The molecule has 0 aromatic carbocycles. The number of hydrogen-bond donors (Lipinski definition) is 2. The number of imidazole rings is 1. The maximum absolute atomic E-state index is 4.62. The molecule has 0 amide bonds. The van der Waals surface area contributed by atoms with E-state index >= 15 is 0 Å². The number of rotatable bonds is 3. The quantitative estimate of drug-likeness (QED) is 0.847. The molecule has 2 aliphatic rings. The number of piperazine rings is 1. The summed E-state index contributed by atoms with van der Waals surface area (Å²) >= 11 is 0. The van der Waals surface area contributed by atoms with Crippen molar-refractivity contribution in [3.63, 3.8) is 0 Å². The van der Waals surface area contributed by atoms with Crippen LogP contribution in [0.2, 0.25) is 0 Å². The minimum absolute atomic E-state index is 0.398. The van der Waals surface area contributed by atoms with Gasteiger partial charge in [-0.3, -0.25) is 4.90 Å². The van der Waals surface area contributed by atoms with Crippen molar-refractivity contribution in [3.05, 3.63) is 17.7 Å². The number of aromatic nitrogens is 2. The molecule has 2 atom stereocenters. The second kappa shape index (κ2) is 5.61. The predicted molar refractivity (Wildman–Crippen MR) is 76.3 cm³/mol. The van der Waals surface area contributed by atoms with E-state index in [1.165, 1.54) is 18.7 Å². The van der Waals surface area contributed by atoms with Crippen molar-refractivity contribution >= 4 is 0 Å².